The molecule has 0 radical (unpaired) electrons. The van der Waals surface area contributed by atoms with E-state index < -0.39 is 0 Å². The molecule has 0 N–H and O–H groups in total. The predicted octanol–water partition coefficient (Wildman–Crippen LogP) is 2.41. The van der Waals surface area contributed by atoms with Gasteiger partial charge in [-0.2, -0.15) is 0 Å². The van der Waals surface area contributed by atoms with Crippen LogP contribution in [-0.4, -0.2) is 72.1 Å². The lowest BCUT2D eigenvalue weighted by Crippen LogP contribution is -2.48. The molecule has 1 unspecified atom stereocenters. The summed E-state index contributed by atoms with van der Waals surface area (Å²) in [7, 11) is 3.41. The Hall–Kier alpha value is -1.90. The molecule has 1 aromatic heterocycles. The van der Waals surface area contributed by atoms with Crippen molar-refractivity contribution in [3.8, 4) is 5.75 Å². The van der Waals surface area contributed by atoms with Gasteiger partial charge in [0.15, 0.2) is 5.82 Å². The molecular formula is C19H31ClN6O2. The molecule has 1 fully saturated rings. The van der Waals surface area contributed by atoms with E-state index >= 15 is 0 Å². The van der Waals surface area contributed by atoms with Crippen LogP contribution in [0.1, 0.15) is 31.6 Å². The van der Waals surface area contributed by atoms with E-state index in [-0.39, 0.29) is 18.4 Å². The summed E-state index contributed by atoms with van der Waals surface area (Å²) in [6.07, 6.45) is 2.14. The van der Waals surface area contributed by atoms with Crippen LogP contribution >= 0.6 is 12.4 Å². The second kappa shape index (κ2) is 11.2. The lowest BCUT2D eigenvalue weighted by atomic mass is 10.1. The first-order valence-electron chi connectivity index (χ1n) is 9.64. The van der Waals surface area contributed by atoms with Crippen molar-refractivity contribution in [1.82, 2.24) is 25.1 Å². The van der Waals surface area contributed by atoms with Crippen molar-refractivity contribution in [1.29, 1.82) is 0 Å². The molecule has 0 saturated carbocycles. The summed E-state index contributed by atoms with van der Waals surface area (Å²) in [5.74, 6) is 1.85. The number of aromatic nitrogens is 4. The minimum Gasteiger partial charge on any atom is -0.497 e. The average molecular weight is 411 g/mol. The van der Waals surface area contributed by atoms with E-state index in [4.69, 9.17) is 9.47 Å². The Morgan fingerprint density at radius 1 is 1.14 bits per heavy atom. The van der Waals surface area contributed by atoms with Crippen LogP contribution < -0.4 is 9.64 Å². The number of nitrogens with zero attached hydrogens (tertiary/aromatic N) is 6. The molecule has 1 aliphatic rings. The third-order valence-corrected chi connectivity index (χ3v) is 5.10. The van der Waals surface area contributed by atoms with Gasteiger partial charge in [0.1, 0.15) is 5.75 Å². The summed E-state index contributed by atoms with van der Waals surface area (Å²) in [5.41, 5.74) is 1.21. The zero-order valence-electron chi connectivity index (χ0n) is 17.0. The Bertz CT molecular complexity index is 705. The third-order valence-electron chi connectivity index (χ3n) is 5.10. The van der Waals surface area contributed by atoms with Gasteiger partial charge in [0.05, 0.1) is 26.3 Å². The van der Waals surface area contributed by atoms with E-state index in [1.807, 2.05) is 16.8 Å². The normalized spacial score (nSPS) is 15.9. The predicted molar refractivity (Wildman–Crippen MR) is 111 cm³/mol. The smallest absolute Gasteiger partial charge is 0.168 e. The Balaban J connectivity index is 0.00000280. The van der Waals surface area contributed by atoms with Gasteiger partial charge in [-0.25, -0.2) is 4.68 Å². The summed E-state index contributed by atoms with van der Waals surface area (Å²) in [6.45, 7) is 7.43. The molecule has 1 atom stereocenters. The van der Waals surface area contributed by atoms with E-state index in [9.17, 15) is 0 Å². The van der Waals surface area contributed by atoms with Gasteiger partial charge in [-0.3, -0.25) is 4.90 Å². The van der Waals surface area contributed by atoms with Crippen molar-refractivity contribution in [2.75, 3.05) is 51.9 Å². The maximum absolute atomic E-state index is 5.36. The van der Waals surface area contributed by atoms with Gasteiger partial charge in [-0.05, 0) is 29.0 Å². The number of benzene rings is 1. The Morgan fingerprint density at radius 3 is 2.61 bits per heavy atom. The van der Waals surface area contributed by atoms with Crippen LogP contribution in [0.25, 0.3) is 0 Å². The van der Waals surface area contributed by atoms with Crippen molar-refractivity contribution in [3.05, 3.63) is 30.1 Å². The van der Waals surface area contributed by atoms with E-state index in [1.165, 1.54) is 5.69 Å². The van der Waals surface area contributed by atoms with Crippen LogP contribution in [0.3, 0.4) is 0 Å². The molecule has 0 amide bonds. The first kappa shape index (κ1) is 22.4. The fraction of sp³-hybridized carbons (Fsp3) is 0.632. The third kappa shape index (κ3) is 5.33. The standard InChI is InChI=1S/C19H30N6O2.ClH/c1-4-6-18(19-20-21-22-25(19)13-14-26-2)24-11-9-23(10-12-24)16-7-5-8-17(15-16)27-3;/h5,7-8,15,18H,4,6,9-14H2,1-3H3;1H. The largest absolute Gasteiger partial charge is 0.497 e. The van der Waals surface area contributed by atoms with Crippen LogP contribution in [0, 0.1) is 0 Å². The van der Waals surface area contributed by atoms with Gasteiger partial charge < -0.3 is 14.4 Å². The number of hydrogen-bond donors (Lipinski definition) is 0. The van der Waals surface area contributed by atoms with Crippen molar-refractivity contribution in [2.45, 2.75) is 32.4 Å². The molecule has 8 nitrogen and oxygen atoms in total. The van der Waals surface area contributed by atoms with Crippen LogP contribution in [0.2, 0.25) is 0 Å². The fourth-order valence-electron chi connectivity index (χ4n) is 3.63. The SMILES string of the molecule is CCCC(c1nnnn1CCOC)N1CCN(c2cccc(OC)c2)CC1.Cl. The molecule has 1 aromatic carbocycles. The van der Waals surface area contributed by atoms with Crippen LogP contribution in [0.5, 0.6) is 5.75 Å². The summed E-state index contributed by atoms with van der Waals surface area (Å²) >= 11 is 0. The first-order valence-corrected chi connectivity index (χ1v) is 9.64. The van der Waals surface area contributed by atoms with Gasteiger partial charge in [0.2, 0.25) is 0 Å². The molecule has 0 spiro atoms. The van der Waals surface area contributed by atoms with Gasteiger partial charge in [0.25, 0.3) is 0 Å². The zero-order chi connectivity index (χ0) is 19.1. The molecule has 28 heavy (non-hydrogen) atoms. The number of tetrazole rings is 1. The van der Waals surface area contributed by atoms with Crippen molar-refractivity contribution in [2.24, 2.45) is 0 Å². The van der Waals surface area contributed by atoms with Gasteiger partial charge >= 0.3 is 0 Å². The molecule has 1 saturated heterocycles. The molecule has 156 valence electrons. The highest BCUT2D eigenvalue weighted by atomic mass is 35.5. The lowest BCUT2D eigenvalue weighted by Gasteiger charge is -2.39. The number of hydrogen-bond acceptors (Lipinski definition) is 7. The van der Waals surface area contributed by atoms with Gasteiger partial charge in [-0.1, -0.05) is 19.4 Å². The first-order chi connectivity index (χ1) is 13.3. The number of halogens is 1. The molecule has 0 bridgehead atoms. The highest BCUT2D eigenvalue weighted by Crippen LogP contribution is 2.27. The molecule has 1 aliphatic heterocycles. The minimum atomic E-state index is 0. The van der Waals surface area contributed by atoms with Gasteiger partial charge in [0, 0.05) is 45.0 Å². The van der Waals surface area contributed by atoms with Crippen LogP contribution in [0.15, 0.2) is 24.3 Å². The molecular weight excluding hydrogens is 380 g/mol. The number of methoxy groups -OCH3 is 2. The summed E-state index contributed by atoms with van der Waals surface area (Å²) in [6, 6.07) is 8.52. The molecule has 2 heterocycles. The van der Waals surface area contributed by atoms with Crippen LogP contribution in [0.4, 0.5) is 5.69 Å². The number of ether oxygens (including phenoxy) is 2. The fourth-order valence-corrected chi connectivity index (χ4v) is 3.63. The van der Waals surface area contributed by atoms with E-state index in [0.717, 1.165) is 50.6 Å². The monoisotopic (exact) mass is 410 g/mol. The lowest BCUT2D eigenvalue weighted by molar-refractivity contribution is 0.153. The van der Waals surface area contributed by atoms with Crippen LogP contribution in [-0.2, 0) is 11.3 Å². The molecule has 0 aliphatic carbocycles. The Kier molecular flexibility index (Phi) is 8.95. The quantitative estimate of drug-likeness (QED) is 0.628. The summed E-state index contributed by atoms with van der Waals surface area (Å²) in [4.78, 5) is 4.92. The van der Waals surface area contributed by atoms with Gasteiger partial charge in [-0.15, -0.1) is 17.5 Å². The summed E-state index contributed by atoms with van der Waals surface area (Å²) < 4.78 is 12.4. The average Bonchev–Trinajstić information content (AvgIpc) is 3.19. The molecule has 2 aromatic rings. The maximum Gasteiger partial charge on any atom is 0.168 e. The second-order valence-corrected chi connectivity index (χ2v) is 6.78. The number of rotatable bonds is 9. The van der Waals surface area contributed by atoms with E-state index in [1.54, 1.807) is 14.2 Å². The zero-order valence-corrected chi connectivity index (χ0v) is 17.8. The topological polar surface area (TPSA) is 68.5 Å². The minimum absolute atomic E-state index is 0. The number of anilines is 1. The highest BCUT2D eigenvalue weighted by Gasteiger charge is 2.28. The summed E-state index contributed by atoms with van der Waals surface area (Å²) in [5, 5.41) is 12.4. The second-order valence-electron chi connectivity index (χ2n) is 6.78. The Labute approximate surface area is 173 Å². The number of piperazine rings is 1. The Morgan fingerprint density at radius 2 is 1.93 bits per heavy atom. The maximum atomic E-state index is 5.36. The highest BCUT2D eigenvalue weighted by molar-refractivity contribution is 5.85. The molecule has 9 heteroatoms. The van der Waals surface area contributed by atoms with E-state index in [0.29, 0.717) is 13.2 Å². The van der Waals surface area contributed by atoms with E-state index in [2.05, 4.69) is 44.4 Å². The van der Waals surface area contributed by atoms with Crippen molar-refractivity contribution >= 4 is 18.1 Å². The van der Waals surface area contributed by atoms with Crippen molar-refractivity contribution in [3.63, 3.8) is 0 Å². The van der Waals surface area contributed by atoms with Crippen molar-refractivity contribution < 1.29 is 9.47 Å². The molecule has 3 rings (SSSR count).